The van der Waals surface area contributed by atoms with Gasteiger partial charge < -0.3 is 14.2 Å². The number of allylic oxidation sites excluding steroid dienone is 8. The molecule has 410 valence electrons. The third-order valence-electron chi connectivity index (χ3n) is 13.9. The normalized spacial score (nSPS) is 12.4. The lowest BCUT2D eigenvalue weighted by atomic mass is 10.0. The maximum absolute atomic E-state index is 12.7. The minimum Gasteiger partial charge on any atom is -0.463 e. The van der Waals surface area contributed by atoms with E-state index in [4.69, 9.17) is 14.2 Å². The van der Waals surface area contributed by atoms with Crippen LogP contribution in [-0.4, -0.2) is 37.9 Å². The molecule has 0 aromatic carbocycles. The van der Waals surface area contributed by atoms with E-state index in [-0.39, 0.29) is 25.2 Å². The first-order chi connectivity index (χ1) is 34.6. The predicted molar refractivity (Wildman–Crippen MR) is 307 cm³/mol. The second-order valence-electron chi connectivity index (χ2n) is 21.0. The van der Waals surface area contributed by atoms with Gasteiger partial charge in [-0.15, -0.1) is 0 Å². The van der Waals surface area contributed by atoms with Crippen molar-refractivity contribution >= 4 is 11.9 Å². The Bertz CT molecular complexity index is 1150. The van der Waals surface area contributed by atoms with Crippen molar-refractivity contribution in [3.05, 3.63) is 48.6 Å². The first-order valence-electron chi connectivity index (χ1n) is 31.2. The molecule has 1 atom stereocenters. The highest BCUT2D eigenvalue weighted by molar-refractivity contribution is 5.69. The SMILES string of the molecule is CCCCCCCC/C=C\C/C=C\C/C=C\CCCC(=O)OC[C@@H](COC(=O)CCCCCCCCCCCCC/C=C\CCCCCCCC)OCCCCCCCCCCCCCCCCCC. The highest BCUT2D eigenvalue weighted by Gasteiger charge is 2.16. The lowest BCUT2D eigenvalue weighted by molar-refractivity contribution is -0.155. The molecule has 0 N–H and O–H groups in total. The quantitative estimate of drug-likeness (QED) is 0.0345. The molecule has 0 rings (SSSR count). The van der Waals surface area contributed by atoms with Crippen LogP contribution in [0.2, 0.25) is 0 Å². The van der Waals surface area contributed by atoms with E-state index >= 15 is 0 Å². The molecule has 5 heteroatoms. The van der Waals surface area contributed by atoms with E-state index in [1.807, 2.05) is 0 Å². The summed E-state index contributed by atoms with van der Waals surface area (Å²) < 4.78 is 17.5. The summed E-state index contributed by atoms with van der Waals surface area (Å²) >= 11 is 0. The van der Waals surface area contributed by atoms with Gasteiger partial charge in [0.2, 0.25) is 0 Å². The lowest BCUT2D eigenvalue weighted by Gasteiger charge is -2.18. The Balaban J connectivity index is 4.27. The van der Waals surface area contributed by atoms with Crippen LogP contribution in [0.25, 0.3) is 0 Å². The fourth-order valence-corrected chi connectivity index (χ4v) is 9.15. The van der Waals surface area contributed by atoms with E-state index in [9.17, 15) is 9.59 Å². The first kappa shape index (κ1) is 67.9. The molecule has 0 aliphatic rings. The van der Waals surface area contributed by atoms with E-state index < -0.39 is 6.10 Å². The second-order valence-corrected chi connectivity index (χ2v) is 21.0. The summed E-state index contributed by atoms with van der Waals surface area (Å²) in [5.74, 6) is -0.377. The summed E-state index contributed by atoms with van der Waals surface area (Å²) in [7, 11) is 0. The zero-order valence-electron chi connectivity index (χ0n) is 47.3. The molecule has 0 aromatic heterocycles. The van der Waals surface area contributed by atoms with Gasteiger partial charge in [0, 0.05) is 19.4 Å². The summed E-state index contributed by atoms with van der Waals surface area (Å²) in [6, 6.07) is 0. The summed E-state index contributed by atoms with van der Waals surface area (Å²) in [6.07, 6.45) is 77.4. The molecule has 0 aliphatic heterocycles. The van der Waals surface area contributed by atoms with E-state index in [2.05, 4.69) is 69.4 Å². The van der Waals surface area contributed by atoms with Crippen molar-refractivity contribution in [2.24, 2.45) is 0 Å². The zero-order chi connectivity index (χ0) is 50.6. The number of hydrogen-bond donors (Lipinski definition) is 0. The fraction of sp³-hybridized carbons (Fsp3) is 0.846. The molecule has 0 aromatic rings. The highest BCUT2D eigenvalue weighted by Crippen LogP contribution is 2.16. The van der Waals surface area contributed by atoms with Crippen molar-refractivity contribution in [3.63, 3.8) is 0 Å². The van der Waals surface area contributed by atoms with Crippen LogP contribution in [0.5, 0.6) is 0 Å². The van der Waals surface area contributed by atoms with Crippen molar-refractivity contribution in [3.8, 4) is 0 Å². The topological polar surface area (TPSA) is 61.8 Å². The minimum atomic E-state index is -0.419. The van der Waals surface area contributed by atoms with Gasteiger partial charge >= 0.3 is 11.9 Å². The van der Waals surface area contributed by atoms with E-state index in [1.54, 1.807) is 0 Å². The van der Waals surface area contributed by atoms with Gasteiger partial charge in [0.25, 0.3) is 0 Å². The summed E-state index contributed by atoms with van der Waals surface area (Å²) in [4.78, 5) is 25.4. The largest absolute Gasteiger partial charge is 0.463 e. The zero-order valence-corrected chi connectivity index (χ0v) is 47.3. The van der Waals surface area contributed by atoms with Crippen LogP contribution in [0.1, 0.15) is 329 Å². The molecule has 0 saturated heterocycles. The van der Waals surface area contributed by atoms with Gasteiger partial charge in [-0.25, -0.2) is 0 Å². The van der Waals surface area contributed by atoms with E-state index in [0.717, 1.165) is 51.4 Å². The molecular weight excluding hydrogens is 861 g/mol. The summed E-state index contributed by atoms with van der Waals surface area (Å²) in [6.45, 7) is 7.72. The summed E-state index contributed by atoms with van der Waals surface area (Å²) in [5.41, 5.74) is 0. The van der Waals surface area contributed by atoms with Crippen molar-refractivity contribution < 1.29 is 23.8 Å². The number of ether oxygens (including phenoxy) is 3. The molecule has 0 amide bonds. The van der Waals surface area contributed by atoms with Crippen LogP contribution < -0.4 is 0 Å². The van der Waals surface area contributed by atoms with Crippen molar-refractivity contribution in [2.75, 3.05) is 19.8 Å². The molecule has 0 unspecified atom stereocenters. The number of hydrogen-bond acceptors (Lipinski definition) is 5. The number of carbonyl (C=O) groups is 2. The third kappa shape index (κ3) is 58.4. The monoisotopic (exact) mass is 981 g/mol. The minimum absolute atomic E-state index is 0.135. The first-order valence-corrected chi connectivity index (χ1v) is 31.2. The number of rotatable bonds is 58. The highest BCUT2D eigenvalue weighted by atomic mass is 16.6. The third-order valence-corrected chi connectivity index (χ3v) is 13.9. The van der Waals surface area contributed by atoms with Crippen LogP contribution in [-0.2, 0) is 23.8 Å². The van der Waals surface area contributed by atoms with Gasteiger partial charge in [-0.05, 0) is 77.0 Å². The van der Waals surface area contributed by atoms with Gasteiger partial charge in [0.1, 0.15) is 19.3 Å². The van der Waals surface area contributed by atoms with Crippen molar-refractivity contribution in [2.45, 2.75) is 335 Å². The lowest BCUT2D eigenvalue weighted by Crippen LogP contribution is -2.29. The van der Waals surface area contributed by atoms with Gasteiger partial charge in [-0.2, -0.15) is 0 Å². The Morgan fingerprint density at radius 2 is 0.557 bits per heavy atom. The average molecular weight is 982 g/mol. The molecule has 0 bridgehead atoms. The molecule has 70 heavy (non-hydrogen) atoms. The molecule has 0 fully saturated rings. The second kappa shape index (κ2) is 61.2. The van der Waals surface area contributed by atoms with Crippen molar-refractivity contribution in [1.82, 2.24) is 0 Å². The number of esters is 2. The van der Waals surface area contributed by atoms with Gasteiger partial charge in [0.05, 0.1) is 0 Å². The fourth-order valence-electron chi connectivity index (χ4n) is 9.15. The molecular formula is C65H120O5. The summed E-state index contributed by atoms with van der Waals surface area (Å²) in [5, 5.41) is 0. The van der Waals surface area contributed by atoms with Crippen LogP contribution >= 0.6 is 0 Å². The standard InChI is InChI=1S/C65H120O5/c1-4-7-10-13-16-19-22-25-28-31-32-33-34-36-38-41-44-47-50-53-56-59-65(67)70-62-63(68-60-57-54-51-48-45-42-39-30-27-24-21-18-15-12-9-6-3)61-69-64(66)58-55-52-49-46-43-40-37-35-29-26-23-20-17-14-11-8-5-2/h25-26,28-29,37,40,46,49,63H,4-24,27,30-36,38-39,41-45,47-48,50-62H2,1-3H3/b28-25-,29-26-,40-37-,49-46-/t63-/m0/s1. The molecule has 0 heterocycles. The molecule has 0 radical (unpaired) electrons. The van der Waals surface area contributed by atoms with E-state index in [1.165, 1.54) is 244 Å². The Morgan fingerprint density at radius 3 is 0.914 bits per heavy atom. The van der Waals surface area contributed by atoms with E-state index in [0.29, 0.717) is 19.4 Å². The number of carbonyl (C=O) groups excluding carboxylic acids is 2. The Kier molecular flexibility index (Phi) is 59.3. The molecule has 0 aliphatic carbocycles. The van der Waals surface area contributed by atoms with Gasteiger partial charge in [-0.1, -0.05) is 288 Å². The van der Waals surface area contributed by atoms with Gasteiger partial charge in [-0.3, -0.25) is 9.59 Å². The Labute approximate surface area is 437 Å². The Hall–Kier alpha value is -2.14. The van der Waals surface area contributed by atoms with Crippen LogP contribution in [0.4, 0.5) is 0 Å². The van der Waals surface area contributed by atoms with Crippen LogP contribution in [0, 0.1) is 0 Å². The van der Waals surface area contributed by atoms with Crippen molar-refractivity contribution in [1.29, 1.82) is 0 Å². The maximum atomic E-state index is 12.7. The van der Waals surface area contributed by atoms with Crippen LogP contribution in [0.3, 0.4) is 0 Å². The van der Waals surface area contributed by atoms with Crippen LogP contribution in [0.15, 0.2) is 48.6 Å². The predicted octanol–water partition coefficient (Wildman–Crippen LogP) is 21.5. The maximum Gasteiger partial charge on any atom is 0.305 e. The smallest absolute Gasteiger partial charge is 0.305 e. The average Bonchev–Trinajstić information content (AvgIpc) is 3.36. The number of unbranched alkanes of at least 4 members (excludes halogenated alkanes) is 39. The molecule has 5 nitrogen and oxygen atoms in total. The molecule has 0 saturated carbocycles. The Morgan fingerprint density at radius 1 is 0.300 bits per heavy atom. The molecule has 0 spiro atoms. The van der Waals surface area contributed by atoms with Gasteiger partial charge in [0.15, 0.2) is 0 Å².